The average Bonchev–Trinajstić information content (AvgIpc) is 2.93. The minimum absolute atomic E-state index is 0.0441. The van der Waals surface area contributed by atoms with E-state index in [2.05, 4.69) is 6.07 Å². The van der Waals surface area contributed by atoms with Crippen molar-refractivity contribution in [1.29, 1.82) is 0 Å². The smallest absolute Gasteiger partial charge is 0.244 e. The van der Waals surface area contributed by atoms with Crippen LogP contribution in [0.5, 0.6) is 5.75 Å². The maximum absolute atomic E-state index is 12.6. The van der Waals surface area contributed by atoms with Crippen LogP contribution in [0, 0.1) is 6.92 Å². The first-order valence-electron chi connectivity index (χ1n) is 7.49. The van der Waals surface area contributed by atoms with Crippen molar-refractivity contribution in [3.8, 4) is 5.75 Å². The number of benzene rings is 2. The number of fused-ring (bicyclic) bond motifs is 1. The van der Waals surface area contributed by atoms with E-state index >= 15 is 0 Å². The predicted octanol–water partition coefficient (Wildman–Crippen LogP) is 2.16. The van der Waals surface area contributed by atoms with E-state index in [4.69, 9.17) is 5.73 Å². The van der Waals surface area contributed by atoms with Gasteiger partial charge in [-0.3, -0.25) is 4.79 Å². The largest absolute Gasteiger partial charge is 0.508 e. The van der Waals surface area contributed by atoms with Crippen LogP contribution in [0.1, 0.15) is 16.7 Å². The number of phenolic OH excluding ortho intramolecular Hbond substituents is 1. The van der Waals surface area contributed by atoms with Crippen molar-refractivity contribution in [3.63, 3.8) is 0 Å². The van der Waals surface area contributed by atoms with Crippen molar-refractivity contribution in [1.82, 2.24) is 0 Å². The lowest BCUT2D eigenvalue weighted by Gasteiger charge is -2.22. The van der Waals surface area contributed by atoms with E-state index in [-0.39, 0.29) is 11.7 Å². The number of nitrogens with two attached hydrogens (primary N) is 1. The summed E-state index contributed by atoms with van der Waals surface area (Å²) in [6.07, 6.45) is 1.36. The molecular formula is C18H20N2O2. The van der Waals surface area contributed by atoms with Gasteiger partial charge in [-0.1, -0.05) is 24.3 Å². The Kier molecular flexibility index (Phi) is 3.86. The zero-order chi connectivity index (χ0) is 15.7. The van der Waals surface area contributed by atoms with Gasteiger partial charge in [-0.25, -0.2) is 0 Å². The first kappa shape index (κ1) is 14.6. The van der Waals surface area contributed by atoms with Crippen molar-refractivity contribution in [2.45, 2.75) is 25.8 Å². The van der Waals surface area contributed by atoms with E-state index in [1.54, 1.807) is 17.0 Å². The molecule has 4 nitrogen and oxygen atoms in total. The summed E-state index contributed by atoms with van der Waals surface area (Å²) in [5, 5.41) is 9.46. The van der Waals surface area contributed by atoms with E-state index in [0.717, 1.165) is 23.2 Å². The van der Waals surface area contributed by atoms with Crippen molar-refractivity contribution in [2.24, 2.45) is 5.73 Å². The lowest BCUT2D eigenvalue weighted by molar-refractivity contribution is -0.119. The first-order chi connectivity index (χ1) is 10.6. The molecule has 1 amide bonds. The molecule has 22 heavy (non-hydrogen) atoms. The summed E-state index contributed by atoms with van der Waals surface area (Å²) in [4.78, 5) is 14.4. The van der Waals surface area contributed by atoms with Crippen LogP contribution in [0.25, 0.3) is 0 Å². The van der Waals surface area contributed by atoms with E-state index in [9.17, 15) is 9.90 Å². The highest BCUT2D eigenvalue weighted by Crippen LogP contribution is 2.28. The van der Waals surface area contributed by atoms with Gasteiger partial charge in [0.15, 0.2) is 0 Å². The van der Waals surface area contributed by atoms with Crippen molar-refractivity contribution in [2.75, 3.05) is 11.4 Å². The van der Waals surface area contributed by atoms with E-state index in [1.165, 1.54) is 5.56 Å². The molecule has 0 radical (unpaired) electrons. The monoisotopic (exact) mass is 296 g/mol. The zero-order valence-electron chi connectivity index (χ0n) is 12.6. The SMILES string of the molecule is Cc1cc(O)ccc1C[C@H](N)C(=O)N1CCc2ccccc21. The molecule has 4 heteroatoms. The fraction of sp³-hybridized carbons (Fsp3) is 0.278. The number of hydrogen-bond acceptors (Lipinski definition) is 3. The molecule has 0 aliphatic carbocycles. The summed E-state index contributed by atoms with van der Waals surface area (Å²) in [6, 6.07) is 12.5. The Morgan fingerprint density at radius 3 is 2.86 bits per heavy atom. The molecule has 1 atom stereocenters. The highest BCUT2D eigenvalue weighted by Gasteiger charge is 2.28. The highest BCUT2D eigenvalue weighted by atomic mass is 16.3. The summed E-state index contributed by atoms with van der Waals surface area (Å²) in [6.45, 7) is 2.61. The Morgan fingerprint density at radius 2 is 2.09 bits per heavy atom. The lowest BCUT2D eigenvalue weighted by atomic mass is 10.0. The molecule has 0 saturated heterocycles. The molecule has 0 unspecified atom stereocenters. The van der Waals surface area contributed by atoms with Crippen LogP contribution in [0.4, 0.5) is 5.69 Å². The van der Waals surface area contributed by atoms with Gasteiger partial charge >= 0.3 is 0 Å². The van der Waals surface area contributed by atoms with E-state index < -0.39 is 6.04 Å². The van der Waals surface area contributed by atoms with Gasteiger partial charge in [-0.2, -0.15) is 0 Å². The Bertz CT molecular complexity index is 712. The van der Waals surface area contributed by atoms with Gasteiger partial charge in [0.05, 0.1) is 6.04 Å². The third kappa shape index (κ3) is 2.70. The third-order valence-electron chi connectivity index (χ3n) is 4.24. The molecule has 0 spiro atoms. The predicted molar refractivity (Wildman–Crippen MR) is 87.0 cm³/mol. The number of anilines is 1. The Labute approximate surface area is 130 Å². The van der Waals surface area contributed by atoms with Crippen LogP contribution in [-0.2, 0) is 17.6 Å². The minimum atomic E-state index is -0.575. The van der Waals surface area contributed by atoms with Gasteiger partial charge in [0.2, 0.25) is 5.91 Å². The van der Waals surface area contributed by atoms with Gasteiger partial charge < -0.3 is 15.7 Å². The Balaban J connectivity index is 1.76. The Hall–Kier alpha value is -2.33. The van der Waals surface area contributed by atoms with Crippen molar-refractivity contribution >= 4 is 11.6 Å². The number of aryl methyl sites for hydroxylation is 1. The van der Waals surface area contributed by atoms with Crippen LogP contribution in [0.3, 0.4) is 0 Å². The molecule has 2 aromatic carbocycles. The molecule has 3 rings (SSSR count). The molecule has 1 aliphatic heterocycles. The van der Waals surface area contributed by atoms with Crippen LogP contribution >= 0.6 is 0 Å². The van der Waals surface area contributed by atoms with Crippen LogP contribution < -0.4 is 10.6 Å². The number of amides is 1. The molecule has 0 saturated carbocycles. The number of nitrogens with zero attached hydrogens (tertiary/aromatic N) is 1. The highest BCUT2D eigenvalue weighted by molar-refractivity contribution is 5.99. The molecule has 3 N–H and O–H groups in total. The maximum atomic E-state index is 12.6. The number of phenols is 1. The van der Waals surface area contributed by atoms with E-state index in [0.29, 0.717) is 13.0 Å². The Morgan fingerprint density at radius 1 is 1.32 bits per heavy atom. The third-order valence-corrected chi connectivity index (χ3v) is 4.24. The summed E-state index contributed by atoms with van der Waals surface area (Å²) in [7, 11) is 0. The minimum Gasteiger partial charge on any atom is -0.508 e. The fourth-order valence-electron chi connectivity index (χ4n) is 3.00. The van der Waals surface area contributed by atoms with Crippen molar-refractivity contribution < 1.29 is 9.90 Å². The zero-order valence-corrected chi connectivity index (χ0v) is 12.6. The average molecular weight is 296 g/mol. The summed E-state index contributed by atoms with van der Waals surface area (Å²) >= 11 is 0. The molecule has 1 aliphatic rings. The first-order valence-corrected chi connectivity index (χ1v) is 7.49. The molecular weight excluding hydrogens is 276 g/mol. The standard InChI is InChI=1S/C18H20N2O2/c1-12-10-15(21)7-6-14(12)11-16(19)18(22)20-9-8-13-4-2-3-5-17(13)20/h2-7,10,16,21H,8-9,11,19H2,1H3/t16-/m0/s1. The second-order valence-electron chi connectivity index (χ2n) is 5.79. The van der Waals surface area contributed by atoms with Gasteiger partial charge in [0, 0.05) is 12.2 Å². The van der Waals surface area contributed by atoms with E-state index in [1.807, 2.05) is 31.2 Å². The number of para-hydroxylation sites is 1. The number of hydrogen-bond donors (Lipinski definition) is 2. The quantitative estimate of drug-likeness (QED) is 0.912. The maximum Gasteiger partial charge on any atom is 0.244 e. The van der Waals surface area contributed by atoms with Gasteiger partial charge in [0.1, 0.15) is 5.75 Å². The normalized spacial score (nSPS) is 14.7. The number of carbonyl (C=O) groups excluding carboxylic acids is 1. The summed E-state index contributed by atoms with van der Waals surface area (Å²) < 4.78 is 0. The molecule has 114 valence electrons. The topological polar surface area (TPSA) is 66.6 Å². The van der Waals surface area contributed by atoms with Gasteiger partial charge in [-0.15, -0.1) is 0 Å². The van der Waals surface area contributed by atoms with Crippen molar-refractivity contribution in [3.05, 3.63) is 59.2 Å². The molecule has 1 heterocycles. The second-order valence-corrected chi connectivity index (χ2v) is 5.79. The molecule has 2 aromatic rings. The van der Waals surface area contributed by atoms with Gasteiger partial charge in [0.25, 0.3) is 0 Å². The fourth-order valence-corrected chi connectivity index (χ4v) is 3.00. The second kappa shape index (κ2) is 5.81. The molecule has 0 fully saturated rings. The lowest BCUT2D eigenvalue weighted by Crippen LogP contribution is -2.44. The number of aromatic hydroxyl groups is 1. The van der Waals surface area contributed by atoms with Crippen LogP contribution in [0.2, 0.25) is 0 Å². The van der Waals surface area contributed by atoms with Gasteiger partial charge in [-0.05, 0) is 54.7 Å². The molecule has 0 aromatic heterocycles. The van der Waals surface area contributed by atoms with Crippen LogP contribution in [0.15, 0.2) is 42.5 Å². The molecule has 0 bridgehead atoms. The summed E-state index contributed by atoms with van der Waals surface area (Å²) in [5.41, 5.74) is 10.3. The van der Waals surface area contributed by atoms with Crippen LogP contribution in [-0.4, -0.2) is 23.6 Å². The number of carbonyl (C=O) groups is 1. The summed E-state index contributed by atoms with van der Waals surface area (Å²) in [5.74, 6) is 0.187. The number of rotatable bonds is 3.